The molecular formula is C31H30O4. The standard InChI is InChI=1S/C31H30O4/c1-5-18(3)34-17-28(32)20-13-14-25-23-11-8-12-24-27(31(33)35-19(4)6-2)16-15-26(30(23)24)22-10-7-9-21(20)29(22)25/h7-16,18-19H,5-6,17H2,1-4H3. The molecule has 5 aromatic rings. The smallest absolute Gasteiger partial charge is 0.339 e. The number of ketones is 1. The van der Waals surface area contributed by atoms with E-state index in [4.69, 9.17) is 9.47 Å². The maximum atomic E-state index is 13.1. The van der Waals surface area contributed by atoms with Crippen LogP contribution in [0.1, 0.15) is 61.3 Å². The molecule has 0 fully saturated rings. The van der Waals surface area contributed by atoms with Gasteiger partial charge in [-0.15, -0.1) is 0 Å². The molecule has 0 aliphatic carbocycles. The summed E-state index contributed by atoms with van der Waals surface area (Å²) >= 11 is 0. The largest absolute Gasteiger partial charge is 0.459 e. The first kappa shape index (κ1) is 23.3. The van der Waals surface area contributed by atoms with Crippen molar-refractivity contribution in [1.29, 1.82) is 0 Å². The van der Waals surface area contributed by atoms with Crippen LogP contribution in [0.25, 0.3) is 43.1 Å². The Morgan fingerprint density at radius 1 is 0.657 bits per heavy atom. The van der Waals surface area contributed by atoms with E-state index in [0.717, 1.165) is 55.9 Å². The van der Waals surface area contributed by atoms with Gasteiger partial charge in [-0.1, -0.05) is 68.4 Å². The Morgan fingerprint density at radius 3 is 1.71 bits per heavy atom. The summed E-state index contributed by atoms with van der Waals surface area (Å²) in [6, 6.07) is 20.0. The molecule has 178 valence electrons. The zero-order chi connectivity index (χ0) is 24.7. The highest BCUT2D eigenvalue weighted by molar-refractivity contribution is 6.35. The molecule has 0 aliphatic rings. The molecule has 5 rings (SSSR count). The molecule has 4 nitrogen and oxygen atoms in total. The predicted octanol–water partition coefficient (Wildman–Crippen LogP) is 7.69. The van der Waals surface area contributed by atoms with Crippen LogP contribution in [-0.4, -0.2) is 30.6 Å². The maximum Gasteiger partial charge on any atom is 0.339 e. The summed E-state index contributed by atoms with van der Waals surface area (Å²) in [7, 11) is 0. The second-order valence-corrected chi connectivity index (χ2v) is 9.35. The summed E-state index contributed by atoms with van der Waals surface area (Å²) in [6.45, 7) is 8.01. The van der Waals surface area contributed by atoms with Gasteiger partial charge in [0.1, 0.15) is 6.61 Å². The molecular weight excluding hydrogens is 436 g/mol. The Bertz CT molecular complexity index is 1550. The van der Waals surface area contributed by atoms with Crippen LogP contribution in [-0.2, 0) is 9.47 Å². The van der Waals surface area contributed by atoms with E-state index in [1.807, 2.05) is 76.2 Å². The Hall–Kier alpha value is -3.50. The summed E-state index contributed by atoms with van der Waals surface area (Å²) in [6.07, 6.45) is 1.55. The molecule has 5 aromatic carbocycles. The lowest BCUT2D eigenvalue weighted by atomic mass is 9.86. The molecule has 0 spiro atoms. The number of carbonyl (C=O) groups excluding carboxylic acids is 2. The molecule has 0 aromatic heterocycles. The van der Waals surface area contributed by atoms with Gasteiger partial charge in [0.05, 0.1) is 17.8 Å². The van der Waals surface area contributed by atoms with Crippen LogP contribution in [0, 0.1) is 0 Å². The molecule has 0 saturated heterocycles. The normalized spacial score (nSPS) is 13.6. The number of Topliss-reactive ketones (excluding diaryl/α,β-unsaturated/α-hetero) is 1. The Morgan fingerprint density at radius 2 is 1.14 bits per heavy atom. The fourth-order valence-corrected chi connectivity index (χ4v) is 4.88. The van der Waals surface area contributed by atoms with Gasteiger partial charge in [-0.2, -0.15) is 0 Å². The minimum atomic E-state index is -0.297. The lowest BCUT2D eigenvalue weighted by Crippen LogP contribution is -2.15. The maximum absolute atomic E-state index is 13.1. The van der Waals surface area contributed by atoms with Crippen molar-refractivity contribution in [2.75, 3.05) is 6.61 Å². The summed E-state index contributed by atoms with van der Waals surface area (Å²) in [5.41, 5.74) is 1.26. The number of rotatable bonds is 8. The molecule has 0 radical (unpaired) electrons. The van der Waals surface area contributed by atoms with E-state index in [1.165, 1.54) is 0 Å². The van der Waals surface area contributed by atoms with Crippen LogP contribution in [0.5, 0.6) is 0 Å². The zero-order valence-electron chi connectivity index (χ0n) is 20.7. The summed E-state index contributed by atoms with van der Waals surface area (Å²) in [5.74, 6) is -0.310. The molecule has 0 N–H and O–H groups in total. The first-order valence-electron chi connectivity index (χ1n) is 12.4. The SMILES string of the molecule is CCC(C)OCC(=O)c1ccc2c3cccc4c(C(=O)OC(C)CC)ccc(c5cccc1c25)c43. The van der Waals surface area contributed by atoms with Crippen LogP contribution < -0.4 is 0 Å². The zero-order valence-corrected chi connectivity index (χ0v) is 20.7. The van der Waals surface area contributed by atoms with Crippen molar-refractivity contribution in [3.05, 3.63) is 71.8 Å². The predicted molar refractivity (Wildman–Crippen MR) is 143 cm³/mol. The highest BCUT2D eigenvalue weighted by Crippen LogP contribution is 2.42. The Labute approximate surface area is 205 Å². The van der Waals surface area contributed by atoms with Crippen molar-refractivity contribution >= 4 is 54.8 Å². The molecule has 0 heterocycles. The molecule has 4 heteroatoms. The van der Waals surface area contributed by atoms with E-state index in [9.17, 15) is 9.59 Å². The Kier molecular flexibility index (Phi) is 6.16. The lowest BCUT2D eigenvalue weighted by Gasteiger charge is -2.18. The monoisotopic (exact) mass is 466 g/mol. The van der Waals surface area contributed by atoms with Crippen LogP contribution in [0.3, 0.4) is 0 Å². The topological polar surface area (TPSA) is 52.6 Å². The van der Waals surface area contributed by atoms with Gasteiger partial charge in [0.25, 0.3) is 0 Å². The first-order valence-corrected chi connectivity index (χ1v) is 12.4. The van der Waals surface area contributed by atoms with E-state index in [2.05, 4.69) is 12.1 Å². The van der Waals surface area contributed by atoms with Crippen molar-refractivity contribution < 1.29 is 19.1 Å². The van der Waals surface area contributed by atoms with Gasteiger partial charge in [0.2, 0.25) is 0 Å². The molecule has 0 aliphatic heterocycles. The fraction of sp³-hybridized carbons (Fsp3) is 0.290. The number of carbonyl (C=O) groups is 2. The summed E-state index contributed by atoms with van der Waals surface area (Å²) < 4.78 is 11.4. The van der Waals surface area contributed by atoms with Gasteiger partial charge in [-0.05, 0) is 75.8 Å². The van der Waals surface area contributed by atoms with Gasteiger partial charge >= 0.3 is 5.97 Å². The molecule has 35 heavy (non-hydrogen) atoms. The van der Waals surface area contributed by atoms with Crippen molar-refractivity contribution in [1.82, 2.24) is 0 Å². The summed E-state index contributed by atoms with van der Waals surface area (Å²) in [5, 5.41) is 8.20. The van der Waals surface area contributed by atoms with Gasteiger partial charge in [0, 0.05) is 5.56 Å². The van der Waals surface area contributed by atoms with Gasteiger partial charge < -0.3 is 9.47 Å². The van der Waals surface area contributed by atoms with Gasteiger partial charge in [0.15, 0.2) is 5.78 Å². The fourth-order valence-electron chi connectivity index (χ4n) is 4.88. The highest BCUT2D eigenvalue weighted by Gasteiger charge is 2.21. The van der Waals surface area contributed by atoms with E-state index in [1.54, 1.807) is 0 Å². The van der Waals surface area contributed by atoms with Crippen molar-refractivity contribution in [2.24, 2.45) is 0 Å². The number of esters is 1. The molecule has 0 bridgehead atoms. The third-order valence-corrected chi connectivity index (χ3v) is 7.14. The number of fused-ring (bicyclic) bond motifs is 2. The first-order chi connectivity index (χ1) is 16.9. The summed E-state index contributed by atoms with van der Waals surface area (Å²) in [4.78, 5) is 26.1. The van der Waals surface area contributed by atoms with E-state index in [0.29, 0.717) is 11.1 Å². The number of benzene rings is 5. The minimum Gasteiger partial charge on any atom is -0.459 e. The van der Waals surface area contributed by atoms with Crippen LogP contribution in [0.15, 0.2) is 60.7 Å². The molecule has 2 unspecified atom stereocenters. The minimum absolute atomic E-state index is 0.0128. The van der Waals surface area contributed by atoms with Gasteiger partial charge in [-0.25, -0.2) is 4.79 Å². The molecule has 0 saturated carbocycles. The Balaban J connectivity index is 1.74. The molecule has 2 atom stereocenters. The number of ether oxygens (including phenoxy) is 2. The van der Waals surface area contributed by atoms with E-state index >= 15 is 0 Å². The van der Waals surface area contributed by atoms with E-state index in [-0.39, 0.29) is 30.6 Å². The number of hydrogen-bond donors (Lipinski definition) is 0. The molecule has 0 amide bonds. The average Bonchev–Trinajstić information content (AvgIpc) is 2.89. The van der Waals surface area contributed by atoms with Crippen LogP contribution >= 0.6 is 0 Å². The van der Waals surface area contributed by atoms with Crippen LogP contribution in [0.4, 0.5) is 0 Å². The average molecular weight is 467 g/mol. The third kappa shape index (κ3) is 3.92. The highest BCUT2D eigenvalue weighted by atomic mass is 16.5. The van der Waals surface area contributed by atoms with Crippen LogP contribution in [0.2, 0.25) is 0 Å². The number of hydrogen-bond acceptors (Lipinski definition) is 4. The third-order valence-electron chi connectivity index (χ3n) is 7.14. The van der Waals surface area contributed by atoms with Gasteiger partial charge in [-0.3, -0.25) is 4.79 Å². The lowest BCUT2D eigenvalue weighted by molar-refractivity contribution is 0.0337. The van der Waals surface area contributed by atoms with E-state index < -0.39 is 0 Å². The second-order valence-electron chi connectivity index (χ2n) is 9.35. The van der Waals surface area contributed by atoms with Crippen molar-refractivity contribution in [2.45, 2.75) is 52.7 Å². The van der Waals surface area contributed by atoms with Crippen molar-refractivity contribution in [3.63, 3.8) is 0 Å². The quantitative estimate of drug-likeness (QED) is 0.102. The second kappa shape index (κ2) is 9.27. The van der Waals surface area contributed by atoms with Crippen molar-refractivity contribution in [3.8, 4) is 0 Å².